The number of ether oxygens (including phenoxy) is 3. The highest BCUT2D eigenvalue weighted by Gasteiger charge is 2.28. The van der Waals surface area contributed by atoms with Crippen LogP contribution in [0.1, 0.15) is 27.4 Å². The molecule has 4 N–H and O–H groups in total. The van der Waals surface area contributed by atoms with Crippen molar-refractivity contribution in [1.29, 1.82) is 0 Å². The molecule has 1 aliphatic rings. The fraction of sp³-hybridized carbons (Fsp3) is 0.435. The number of aliphatic hydroxyl groups excluding tert-OH is 1. The van der Waals surface area contributed by atoms with Gasteiger partial charge in [0.1, 0.15) is 0 Å². The second kappa shape index (κ2) is 11.8. The summed E-state index contributed by atoms with van der Waals surface area (Å²) in [6.45, 7) is 3.87. The highest BCUT2D eigenvalue weighted by molar-refractivity contribution is 5.96. The summed E-state index contributed by atoms with van der Waals surface area (Å²) < 4.78 is 16.0. The van der Waals surface area contributed by atoms with Crippen molar-refractivity contribution in [3.05, 3.63) is 59.2 Å². The van der Waals surface area contributed by atoms with Gasteiger partial charge in [0.05, 0.1) is 46.2 Å². The molecule has 3 rings (SSSR count). The molecular formula is C23H30N2O5. The van der Waals surface area contributed by atoms with E-state index < -0.39 is 0 Å². The van der Waals surface area contributed by atoms with Crippen molar-refractivity contribution in [2.24, 2.45) is 5.73 Å². The van der Waals surface area contributed by atoms with Gasteiger partial charge in [0.25, 0.3) is 5.91 Å². The van der Waals surface area contributed by atoms with E-state index in [0.717, 1.165) is 22.3 Å². The fourth-order valence-corrected chi connectivity index (χ4v) is 3.61. The van der Waals surface area contributed by atoms with Crippen molar-refractivity contribution in [3.63, 3.8) is 0 Å². The van der Waals surface area contributed by atoms with Gasteiger partial charge in [-0.3, -0.25) is 4.79 Å². The summed E-state index contributed by atoms with van der Waals surface area (Å²) in [7, 11) is 0. The third-order valence-electron chi connectivity index (χ3n) is 5.04. The van der Waals surface area contributed by atoms with E-state index in [4.69, 9.17) is 19.9 Å². The summed E-state index contributed by atoms with van der Waals surface area (Å²) in [5.74, 6) is -0.240. The normalized spacial score (nSPS) is 14.4. The minimum Gasteiger partial charge on any atom is -0.395 e. The molecule has 0 fully saturated rings. The second-order valence-electron chi connectivity index (χ2n) is 7.01. The van der Waals surface area contributed by atoms with Crippen LogP contribution in [0, 0.1) is 0 Å². The first-order chi connectivity index (χ1) is 14.8. The van der Waals surface area contributed by atoms with E-state index in [0.29, 0.717) is 58.3 Å². The van der Waals surface area contributed by atoms with Crippen molar-refractivity contribution in [2.45, 2.75) is 5.92 Å². The minimum atomic E-state index is -0.151. The van der Waals surface area contributed by atoms with Gasteiger partial charge in [-0.1, -0.05) is 30.3 Å². The highest BCUT2D eigenvalue weighted by Crippen LogP contribution is 2.44. The van der Waals surface area contributed by atoms with Crippen molar-refractivity contribution >= 4 is 5.91 Å². The van der Waals surface area contributed by atoms with E-state index in [1.165, 1.54) is 0 Å². The molecule has 0 saturated carbocycles. The summed E-state index contributed by atoms with van der Waals surface area (Å²) in [6, 6.07) is 13.7. The zero-order valence-electron chi connectivity index (χ0n) is 17.1. The number of hydrogen-bond acceptors (Lipinski definition) is 6. The molecule has 30 heavy (non-hydrogen) atoms. The van der Waals surface area contributed by atoms with E-state index in [1.54, 1.807) is 0 Å². The van der Waals surface area contributed by atoms with Gasteiger partial charge in [-0.05, 0) is 34.4 Å². The zero-order chi connectivity index (χ0) is 21.2. The van der Waals surface area contributed by atoms with E-state index >= 15 is 0 Å². The number of amides is 1. The van der Waals surface area contributed by atoms with E-state index in [-0.39, 0.29) is 18.4 Å². The SMILES string of the molecule is NCCOCCOCCOCCNC(=O)c1ccc2c(c1)C(CO)c1ccccc1-2. The van der Waals surface area contributed by atoms with Gasteiger partial charge in [0.2, 0.25) is 0 Å². The van der Waals surface area contributed by atoms with Crippen LogP contribution in [-0.4, -0.2) is 70.4 Å². The quantitative estimate of drug-likeness (QED) is 0.430. The molecule has 1 unspecified atom stereocenters. The maximum atomic E-state index is 12.5. The van der Waals surface area contributed by atoms with E-state index in [1.807, 2.05) is 36.4 Å². The molecular weight excluding hydrogens is 384 g/mol. The third-order valence-corrected chi connectivity index (χ3v) is 5.04. The van der Waals surface area contributed by atoms with Crippen LogP contribution in [0.15, 0.2) is 42.5 Å². The Morgan fingerprint density at radius 2 is 1.57 bits per heavy atom. The Balaban J connectivity index is 1.39. The van der Waals surface area contributed by atoms with Gasteiger partial charge in [-0.25, -0.2) is 0 Å². The van der Waals surface area contributed by atoms with E-state index in [9.17, 15) is 9.90 Å². The molecule has 0 radical (unpaired) electrons. The number of carbonyl (C=O) groups excluding carboxylic acids is 1. The fourth-order valence-electron chi connectivity index (χ4n) is 3.61. The van der Waals surface area contributed by atoms with Crippen LogP contribution in [-0.2, 0) is 14.2 Å². The average Bonchev–Trinajstić information content (AvgIpc) is 3.10. The summed E-state index contributed by atoms with van der Waals surface area (Å²) in [4.78, 5) is 12.5. The van der Waals surface area contributed by atoms with Gasteiger partial charge in [-0.15, -0.1) is 0 Å². The Bertz CT molecular complexity index is 827. The summed E-state index contributed by atoms with van der Waals surface area (Å²) in [6.07, 6.45) is 0. The minimum absolute atomic E-state index is 0.0180. The summed E-state index contributed by atoms with van der Waals surface area (Å²) in [5.41, 5.74) is 10.2. The Labute approximate surface area is 177 Å². The van der Waals surface area contributed by atoms with Crippen LogP contribution in [0.3, 0.4) is 0 Å². The Kier molecular flexibility index (Phi) is 8.80. The van der Waals surface area contributed by atoms with Gasteiger partial charge in [0.15, 0.2) is 0 Å². The number of hydrogen-bond donors (Lipinski definition) is 3. The third kappa shape index (κ3) is 5.65. The number of nitrogens with one attached hydrogen (secondary N) is 1. The number of benzene rings is 2. The molecule has 0 bridgehead atoms. The topological polar surface area (TPSA) is 103 Å². The molecule has 0 spiro atoms. The molecule has 1 amide bonds. The lowest BCUT2D eigenvalue weighted by Crippen LogP contribution is -2.27. The monoisotopic (exact) mass is 414 g/mol. The predicted octanol–water partition coefficient (Wildman–Crippen LogP) is 1.53. The highest BCUT2D eigenvalue weighted by atomic mass is 16.5. The first kappa shape index (κ1) is 22.4. The molecule has 1 atom stereocenters. The van der Waals surface area contributed by atoms with Gasteiger partial charge in [0, 0.05) is 24.6 Å². The zero-order valence-corrected chi connectivity index (χ0v) is 17.1. The molecule has 2 aromatic carbocycles. The van der Waals surface area contributed by atoms with Crippen molar-refractivity contribution in [3.8, 4) is 11.1 Å². The Hall–Kier alpha value is -2.29. The van der Waals surface area contributed by atoms with Gasteiger partial charge in [-0.2, -0.15) is 0 Å². The lowest BCUT2D eigenvalue weighted by Gasteiger charge is -2.11. The second-order valence-corrected chi connectivity index (χ2v) is 7.01. The first-order valence-electron chi connectivity index (χ1n) is 10.3. The largest absolute Gasteiger partial charge is 0.395 e. The predicted molar refractivity (Wildman–Crippen MR) is 115 cm³/mol. The van der Waals surface area contributed by atoms with Crippen molar-refractivity contribution < 1.29 is 24.1 Å². The van der Waals surface area contributed by atoms with Crippen LogP contribution >= 0.6 is 0 Å². The molecule has 0 aliphatic heterocycles. The lowest BCUT2D eigenvalue weighted by molar-refractivity contribution is 0.0166. The number of nitrogens with two attached hydrogens (primary N) is 1. The maximum Gasteiger partial charge on any atom is 0.251 e. The van der Waals surface area contributed by atoms with Crippen LogP contribution in [0.2, 0.25) is 0 Å². The average molecular weight is 415 g/mol. The summed E-state index contributed by atoms with van der Waals surface area (Å²) in [5, 5.41) is 12.7. The molecule has 0 aromatic heterocycles. The van der Waals surface area contributed by atoms with Gasteiger partial charge < -0.3 is 30.4 Å². The standard InChI is InChI=1S/C23H30N2O5/c24-7-9-28-11-13-30-14-12-29-10-8-25-23(27)17-5-6-20-18-3-1-2-4-19(18)22(16-26)21(20)15-17/h1-6,15,22,26H,7-14,16,24H2,(H,25,27). The van der Waals surface area contributed by atoms with Crippen LogP contribution in [0.25, 0.3) is 11.1 Å². The van der Waals surface area contributed by atoms with Crippen molar-refractivity contribution in [2.75, 3.05) is 59.3 Å². The van der Waals surface area contributed by atoms with Crippen LogP contribution in [0.5, 0.6) is 0 Å². The molecule has 0 saturated heterocycles. The molecule has 0 heterocycles. The number of carbonyl (C=O) groups is 1. The molecule has 2 aromatic rings. The molecule has 162 valence electrons. The smallest absolute Gasteiger partial charge is 0.251 e. The number of rotatable bonds is 13. The van der Waals surface area contributed by atoms with E-state index in [2.05, 4.69) is 11.4 Å². The van der Waals surface area contributed by atoms with Crippen molar-refractivity contribution in [1.82, 2.24) is 5.32 Å². The molecule has 1 aliphatic carbocycles. The Morgan fingerprint density at radius 3 is 2.30 bits per heavy atom. The maximum absolute atomic E-state index is 12.5. The summed E-state index contributed by atoms with van der Waals surface area (Å²) >= 11 is 0. The molecule has 7 heteroatoms. The van der Waals surface area contributed by atoms with Crippen LogP contribution < -0.4 is 11.1 Å². The lowest BCUT2D eigenvalue weighted by atomic mass is 9.96. The number of fused-ring (bicyclic) bond motifs is 3. The molecule has 7 nitrogen and oxygen atoms in total. The van der Waals surface area contributed by atoms with Crippen LogP contribution in [0.4, 0.5) is 0 Å². The number of aliphatic hydroxyl groups is 1. The first-order valence-corrected chi connectivity index (χ1v) is 10.3. The van der Waals surface area contributed by atoms with Gasteiger partial charge >= 0.3 is 0 Å². The Morgan fingerprint density at radius 1 is 0.900 bits per heavy atom.